The molecule has 0 aromatic heterocycles. The van der Waals surface area contributed by atoms with Gasteiger partial charge in [-0.1, -0.05) is 66.2 Å². The van der Waals surface area contributed by atoms with Crippen molar-refractivity contribution in [3.05, 3.63) is 84.4 Å². The second-order valence-corrected chi connectivity index (χ2v) is 6.76. The molecule has 0 heterocycles. The van der Waals surface area contributed by atoms with Crippen molar-refractivity contribution in [3.63, 3.8) is 0 Å². The molecule has 154 valence electrons. The van der Waals surface area contributed by atoms with Crippen molar-refractivity contribution in [2.24, 2.45) is 0 Å². The van der Waals surface area contributed by atoms with Gasteiger partial charge in [-0.05, 0) is 37.6 Å². The van der Waals surface area contributed by atoms with E-state index in [4.69, 9.17) is 9.47 Å². The number of para-hydroxylation sites is 1. The van der Waals surface area contributed by atoms with Gasteiger partial charge in [-0.2, -0.15) is 0 Å². The van der Waals surface area contributed by atoms with Gasteiger partial charge in [-0.25, -0.2) is 0 Å². The lowest BCUT2D eigenvalue weighted by atomic mass is 10.1. The molecule has 30 heavy (non-hydrogen) atoms. The number of hydrazine groups is 1. The SMILES string of the molecule is Cc1ccc(O[C@H](C)C(=O)NNC(=O)COc2ccccc2-c2ccccc2)cc1. The summed E-state index contributed by atoms with van der Waals surface area (Å²) in [6, 6.07) is 24.6. The zero-order chi connectivity index (χ0) is 21.3. The van der Waals surface area contributed by atoms with Gasteiger partial charge in [-0.3, -0.25) is 20.4 Å². The summed E-state index contributed by atoms with van der Waals surface area (Å²) in [6.07, 6.45) is -0.771. The Morgan fingerprint density at radius 2 is 1.53 bits per heavy atom. The molecule has 0 aliphatic carbocycles. The normalized spacial score (nSPS) is 11.3. The van der Waals surface area contributed by atoms with Crippen LogP contribution in [-0.4, -0.2) is 24.5 Å². The summed E-state index contributed by atoms with van der Waals surface area (Å²) in [7, 11) is 0. The fourth-order valence-corrected chi connectivity index (χ4v) is 2.74. The summed E-state index contributed by atoms with van der Waals surface area (Å²) in [6.45, 7) is 3.33. The van der Waals surface area contributed by atoms with Gasteiger partial charge in [0.1, 0.15) is 11.5 Å². The number of amides is 2. The predicted octanol–water partition coefficient (Wildman–Crippen LogP) is 3.66. The van der Waals surface area contributed by atoms with E-state index in [1.807, 2.05) is 67.6 Å². The van der Waals surface area contributed by atoms with E-state index in [0.29, 0.717) is 11.5 Å². The Kier molecular flexibility index (Phi) is 7.05. The topological polar surface area (TPSA) is 76.7 Å². The first-order chi connectivity index (χ1) is 14.5. The first-order valence-electron chi connectivity index (χ1n) is 9.62. The van der Waals surface area contributed by atoms with Crippen LogP contribution in [0, 0.1) is 6.92 Å². The molecule has 2 N–H and O–H groups in total. The van der Waals surface area contributed by atoms with E-state index in [1.54, 1.807) is 25.1 Å². The van der Waals surface area contributed by atoms with E-state index in [9.17, 15) is 9.59 Å². The predicted molar refractivity (Wildman–Crippen MR) is 115 cm³/mol. The number of ether oxygens (including phenoxy) is 2. The van der Waals surface area contributed by atoms with Crippen LogP contribution in [0.5, 0.6) is 11.5 Å². The summed E-state index contributed by atoms with van der Waals surface area (Å²) >= 11 is 0. The maximum absolute atomic E-state index is 12.1. The average molecular weight is 404 g/mol. The molecule has 0 aliphatic heterocycles. The quantitative estimate of drug-likeness (QED) is 0.590. The third kappa shape index (κ3) is 5.85. The van der Waals surface area contributed by atoms with Crippen molar-refractivity contribution in [1.82, 2.24) is 10.9 Å². The van der Waals surface area contributed by atoms with Crippen molar-refractivity contribution >= 4 is 11.8 Å². The number of benzene rings is 3. The van der Waals surface area contributed by atoms with E-state index in [1.165, 1.54) is 0 Å². The third-order valence-corrected chi connectivity index (χ3v) is 4.36. The lowest BCUT2D eigenvalue weighted by molar-refractivity contribution is -0.133. The fourth-order valence-electron chi connectivity index (χ4n) is 2.74. The van der Waals surface area contributed by atoms with E-state index < -0.39 is 17.9 Å². The molecule has 6 nitrogen and oxygen atoms in total. The number of nitrogens with one attached hydrogen (secondary N) is 2. The van der Waals surface area contributed by atoms with Crippen molar-refractivity contribution in [3.8, 4) is 22.6 Å². The van der Waals surface area contributed by atoms with Crippen molar-refractivity contribution < 1.29 is 19.1 Å². The molecule has 3 aromatic rings. The Bertz CT molecular complexity index is 988. The zero-order valence-corrected chi connectivity index (χ0v) is 16.9. The highest BCUT2D eigenvalue weighted by Crippen LogP contribution is 2.29. The highest BCUT2D eigenvalue weighted by Gasteiger charge is 2.16. The van der Waals surface area contributed by atoms with Gasteiger partial charge in [0.15, 0.2) is 12.7 Å². The number of carbonyl (C=O) groups excluding carboxylic acids is 2. The van der Waals surface area contributed by atoms with E-state index in [0.717, 1.165) is 16.7 Å². The van der Waals surface area contributed by atoms with Crippen molar-refractivity contribution in [2.75, 3.05) is 6.61 Å². The lowest BCUT2D eigenvalue weighted by Crippen LogP contribution is -2.48. The molecule has 0 radical (unpaired) electrons. The van der Waals surface area contributed by atoms with E-state index >= 15 is 0 Å². The second kappa shape index (κ2) is 10.1. The maximum atomic E-state index is 12.1. The second-order valence-electron chi connectivity index (χ2n) is 6.76. The first-order valence-corrected chi connectivity index (χ1v) is 9.62. The number of hydrogen-bond donors (Lipinski definition) is 2. The molecule has 1 atom stereocenters. The third-order valence-electron chi connectivity index (χ3n) is 4.36. The number of carbonyl (C=O) groups is 2. The summed E-state index contributed by atoms with van der Waals surface area (Å²) in [4.78, 5) is 24.2. The van der Waals surface area contributed by atoms with Crippen LogP contribution in [-0.2, 0) is 9.59 Å². The van der Waals surface area contributed by atoms with Gasteiger partial charge in [0, 0.05) is 5.56 Å². The zero-order valence-electron chi connectivity index (χ0n) is 16.9. The fraction of sp³-hybridized carbons (Fsp3) is 0.167. The Morgan fingerprint density at radius 1 is 0.867 bits per heavy atom. The van der Waals surface area contributed by atoms with Crippen LogP contribution in [0.3, 0.4) is 0 Å². The summed E-state index contributed by atoms with van der Waals surface area (Å²) in [5.74, 6) is 0.221. The van der Waals surface area contributed by atoms with Crippen LogP contribution in [0.15, 0.2) is 78.9 Å². The molecule has 6 heteroatoms. The molecule has 3 rings (SSSR count). The summed E-state index contributed by atoms with van der Waals surface area (Å²) in [5.41, 5.74) is 7.67. The maximum Gasteiger partial charge on any atom is 0.279 e. The average Bonchev–Trinajstić information content (AvgIpc) is 2.78. The van der Waals surface area contributed by atoms with Gasteiger partial charge >= 0.3 is 0 Å². The Labute approximate surface area is 175 Å². The molecule has 0 bridgehead atoms. The van der Waals surface area contributed by atoms with Crippen LogP contribution >= 0.6 is 0 Å². The van der Waals surface area contributed by atoms with Gasteiger partial charge in [-0.15, -0.1) is 0 Å². The molecule has 0 aliphatic rings. The minimum atomic E-state index is -0.771. The van der Waals surface area contributed by atoms with Crippen molar-refractivity contribution in [2.45, 2.75) is 20.0 Å². The van der Waals surface area contributed by atoms with Crippen LogP contribution in [0.4, 0.5) is 0 Å². The van der Waals surface area contributed by atoms with Crippen LogP contribution < -0.4 is 20.3 Å². The lowest BCUT2D eigenvalue weighted by Gasteiger charge is -2.16. The van der Waals surface area contributed by atoms with Crippen LogP contribution in [0.2, 0.25) is 0 Å². The van der Waals surface area contributed by atoms with Gasteiger partial charge in [0.2, 0.25) is 0 Å². The van der Waals surface area contributed by atoms with Crippen LogP contribution in [0.25, 0.3) is 11.1 Å². The number of hydrogen-bond acceptors (Lipinski definition) is 4. The van der Waals surface area contributed by atoms with Gasteiger partial charge < -0.3 is 9.47 Å². The molecular weight excluding hydrogens is 380 g/mol. The Morgan fingerprint density at radius 3 is 2.27 bits per heavy atom. The standard InChI is InChI=1S/C24H24N2O4/c1-17-12-14-20(15-13-17)30-18(2)24(28)26-25-23(27)16-29-22-11-7-6-10-21(22)19-8-4-3-5-9-19/h3-15,18H,16H2,1-2H3,(H,25,27)(H,26,28)/t18-/m1/s1. The van der Waals surface area contributed by atoms with E-state index in [2.05, 4.69) is 10.9 Å². The minimum absolute atomic E-state index is 0.239. The van der Waals surface area contributed by atoms with Crippen LogP contribution in [0.1, 0.15) is 12.5 Å². The molecule has 0 unspecified atom stereocenters. The van der Waals surface area contributed by atoms with Crippen molar-refractivity contribution in [1.29, 1.82) is 0 Å². The highest BCUT2D eigenvalue weighted by molar-refractivity contribution is 5.85. The first kappa shape index (κ1) is 20.9. The molecule has 0 saturated carbocycles. The largest absolute Gasteiger partial charge is 0.483 e. The Hall–Kier alpha value is -3.80. The summed E-state index contributed by atoms with van der Waals surface area (Å²) < 4.78 is 11.2. The smallest absolute Gasteiger partial charge is 0.279 e. The van der Waals surface area contributed by atoms with Gasteiger partial charge in [0.25, 0.3) is 11.8 Å². The number of aryl methyl sites for hydroxylation is 1. The minimum Gasteiger partial charge on any atom is -0.483 e. The molecular formula is C24H24N2O4. The summed E-state index contributed by atoms with van der Waals surface area (Å²) in [5, 5.41) is 0. The van der Waals surface area contributed by atoms with E-state index in [-0.39, 0.29) is 6.61 Å². The molecule has 0 saturated heterocycles. The highest BCUT2D eigenvalue weighted by atomic mass is 16.5. The number of rotatable bonds is 7. The molecule has 0 spiro atoms. The molecule has 2 amide bonds. The molecule has 3 aromatic carbocycles. The monoisotopic (exact) mass is 404 g/mol. The Balaban J connectivity index is 1.48. The van der Waals surface area contributed by atoms with Gasteiger partial charge in [0.05, 0.1) is 0 Å². The molecule has 0 fully saturated rings.